The fourth-order valence-electron chi connectivity index (χ4n) is 1.84. The van der Waals surface area contributed by atoms with Crippen molar-refractivity contribution < 1.29 is 9.53 Å². The minimum absolute atomic E-state index is 0.0471. The highest BCUT2D eigenvalue weighted by Gasteiger charge is 2.21. The van der Waals surface area contributed by atoms with Crippen LogP contribution in [0.3, 0.4) is 0 Å². The topological polar surface area (TPSA) is 38.3 Å². The van der Waals surface area contributed by atoms with Crippen molar-refractivity contribution in [2.24, 2.45) is 0 Å². The number of thioether (sulfide) groups is 1. The molecule has 92 valence electrons. The van der Waals surface area contributed by atoms with E-state index < -0.39 is 0 Å². The van der Waals surface area contributed by atoms with E-state index in [1.165, 1.54) is 0 Å². The van der Waals surface area contributed by atoms with Gasteiger partial charge in [-0.1, -0.05) is 6.42 Å². The van der Waals surface area contributed by atoms with Crippen molar-refractivity contribution >= 4 is 17.7 Å². The van der Waals surface area contributed by atoms with Crippen LogP contribution >= 0.6 is 11.8 Å². The SMILES string of the molecule is COc1ccc(S[C@@H]2CCCCNC2=O)cc1. The Kier molecular flexibility index (Phi) is 4.31. The molecule has 0 radical (unpaired) electrons. The first-order valence-corrected chi connectivity index (χ1v) is 6.76. The number of hydrogen-bond donors (Lipinski definition) is 1. The lowest BCUT2D eigenvalue weighted by atomic mass is 10.2. The minimum atomic E-state index is 0.0471. The molecule has 0 aliphatic carbocycles. The van der Waals surface area contributed by atoms with Crippen molar-refractivity contribution in [1.29, 1.82) is 0 Å². The maximum Gasteiger partial charge on any atom is 0.233 e. The number of hydrogen-bond acceptors (Lipinski definition) is 3. The number of benzene rings is 1. The zero-order valence-electron chi connectivity index (χ0n) is 9.94. The molecule has 3 nitrogen and oxygen atoms in total. The van der Waals surface area contributed by atoms with E-state index >= 15 is 0 Å². The van der Waals surface area contributed by atoms with E-state index in [0.717, 1.165) is 36.5 Å². The Morgan fingerprint density at radius 3 is 2.76 bits per heavy atom. The van der Waals surface area contributed by atoms with Gasteiger partial charge in [0.1, 0.15) is 5.75 Å². The van der Waals surface area contributed by atoms with Gasteiger partial charge in [-0.25, -0.2) is 0 Å². The zero-order valence-corrected chi connectivity index (χ0v) is 10.8. The van der Waals surface area contributed by atoms with Gasteiger partial charge in [-0.3, -0.25) is 4.79 Å². The van der Waals surface area contributed by atoms with Crippen molar-refractivity contribution in [3.63, 3.8) is 0 Å². The summed E-state index contributed by atoms with van der Waals surface area (Å²) in [7, 11) is 1.65. The Morgan fingerprint density at radius 2 is 2.06 bits per heavy atom. The number of ether oxygens (including phenoxy) is 1. The number of rotatable bonds is 3. The van der Waals surface area contributed by atoms with Gasteiger partial charge in [-0.05, 0) is 37.1 Å². The van der Waals surface area contributed by atoms with Crippen LogP contribution in [0.2, 0.25) is 0 Å². The van der Waals surface area contributed by atoms with E-state index in [4.69, 9.17) is 4.74 Å². The molecule has 0 saturated carbocycles. The highest BCUT2D eigenvalue weighted by atomic mass is 32.2. The summed E-state index contributed by atoms with van der Waals surface area (Å²) < 4.78 is 5.11. The fraction of sp³-hybridized carbons (Fsp3) is 0.462. The van der Waals surface area contributed by atoms with Crippen molar-refractivity contribution in [1.82, 2.24) is 5.32 Å². The van der Waals surface area contributed by atoms with E-state index in [0.29, 0.717) is 0 Å². The average Bonchev–Trinajstić information content (AvgIpc) is 2.56. The van der Waals surface area contributed by atoms with Crippen LogP contribution in [0, 0.1) is 0 Å². The van der Waals surface area contributed by atoms with Crippen molar-refractivity contribution in [2.75, 3.05) is 13.7 Å². The Hall–Kier alpha value is -1.16. The second-order valence-corrected chi connectivity index (χ2v) is 5.34. The quantitative estimate of drug-likeness (QED) is 0.896. The molecule has 1 aliphatic rings. The summed E-state index contributed by atoms with van der Waals surface area (Å²) in [5.74, 6) is 1.02. The van der Waals surface area contributed by atoms with Gasteiger partial charge in [0.15, 0.2) is 0 Å². The molecule has 1 N–H and O–H groups in total. The first-order valence-electron chi connectivity index (χ1n) is 5.88. The first kappa shape index (κ1) is 12.3. The molecule has 2 rings (SSSR count). The molecule has 1 aromatic carbocycles. The molecule has 0 spiro atoms. The first-order chi connectivity index (χ1) is 8.29. The number of nitrogens with one attached hydrogen (secondary N) is 1. The van der Waals surface area contributed by atoms with Crippen molar-refractivity contribution in [2.45, 2.75) is 29.4 Å². The highest BCUT2D eigenvalue weighted by Crippen LogP contribution is 2.29. The molecule has 17 heavy (non-hydrogen) atoms. The van der Waals surface area contributed by atoms with Crippen LogP contribution in [-0.4, -0.2) is 24.8 Å². The van der Waals surface area contributed by atoms with Gasteiger partial charge in [0, 0.05) is 11.4 Å². The summed E-state index contributed by atoms with van der Waals surface area (Å²) in [5, 5.41) is 3.00. The van der Waals surface area contributed by atoms with Gasteiger partial charge < -0.3 is 10.1 Å². The molecule has 1 amide bonds. The van der Waals surface area contributed by atoms with E-state index in [1.54, 1.807) is 18.9 Å². The summed E-state index contributed by atoms with van der Waals surface area (Å²) >= 11 is 1.64. The highest BCUT2D eigenvalue weighted by molar-refractivity contribution is 8.00. The lowest BCUT2D eigenvalue weighted by Crippen LogP contribution is -2.30. The molecule has 0 aromatic heterocycles. The number of carbonyl (C=O) groups excluding carboxylic acids is 1. The lowest BCUT2D eigenvalue weighted by Gasteiger charge is -2.12. The second kappa shape index (κ2) is 5.96. The Morgan fingerprint density at radius 1 is 1.29 bits per heavy atom. The smallest absolute Gasteiger partial charge is 0.233 e. The summed E-state index contributed by atoms with van der Waals surface area (Å²) in [6.07, 6.45) is 3.17. The number of carbonyl (C=O) groups is 1. The van der Waals surface area contributed by atoms with Crippen LogP contribution in [0.15, 0.2) is 29.2 Å². The maximum absolute atomic E-state index is 11.8. The van der Waals surface area contributed by atoms with Gasteiger partial charge in [0.25, 0.3) is 0 Å². The van der Waals surface area contributed by atoms with Gasteiger partial charge in [-0.15, -0.1) is 11.8 Å². The van der Waals surface area contributed by atoms with Crippen LogP contribution in [0.4, 0.5) is 0 Å². The molecule has 1 fully saturated rings. The Bertz CT molecular complexity index is 378. The normalized spacial score (nSPS) is 20.5. The third kappa shape index (κ3) is 3.40. The van der Waals surface area contributed by atoms with Crippen LogP contribution < -0.4 is 10.1 Å². The summed E-state index contributed by atoms with van der Waals surface area (Å²) in [4.78, 5) is 12.9. The van der Waals surface area contributed by atoms with E-state index in [2.05, 4.69) is 5.32 Å². The molecule has 1 saturated heterocycles. The monoisotopic (exact) mass is 251 g/mol. The summed E-state index contributed by atoms with van der Waals surface area (Å²) in [6.45, 7) is 0.818. The van der Waals surface area contributed by atoms with Gasteiger partial charge in [-0.2, -0.15) is 0 Å². The fourth-order valence-corrected chi connectivity index (χ4v) is 2.94. The molecule has 1 aromatic rings. The predicted molar refractivity (Wildman–Crippen MR) is 69.5 cm³/mol. The van der Waals surface area contributed by atoms with Gasteiger partial charge >= 0.3 is 0 Å². The van der Waals surface area contributed by atoms with Gasteiger partial charge in [0.2, 0.25) is 5.91 Å². The molecule has 4 heteroatoms. The molecule has 0 bridgehead atoms. The zero-order chi connectivity index (χ0) is 12.1. The molecule has 1 atom stereocenters. The Labute approximate surface area is 106 Å². The molecular weight excluding hydrogens is 234 g/mol. The van der Waals surface area contributed by atoms with Crippen molar-refractivity contribution in [3.8, 4) is 5.75 Å². The average molecular weight is 251 g/mol. The summed E-state index contributed by atoms with van der Waals surface area (Å²) in [6, 6.07) is 7.86. The standard InChI is InChI=1S/C13H17NO2S/c1-16-10-5-7-11(8-6-10)17-12-4-2-3-9-14-13(12)15/h5-8,12H,2-4,9H2,1H3,(H,14,15)/t12-/m1/s1. The number of methoxy groups -OCH3 is 1. The third-order valence-electron chi connectivity index (χ3n) is 2.82. The largest absolute Gasteiger partial charge is 0.497 e. The second-order valence-electron chi connectivity index (χ2n) is 4.07. The van der Waals surface area contributed by atoms with Crippen molar-refractivity contribution in [3.05, 3.63) is 24.3 Å². The predicted octanol–water partition coefficient (Wildman–Crippen LogP) is 2.46. The van der Waals surface area contributed by atoms with E-state index in [1.807, 2.05) is 24.3 Å². The van der Waals surface area contributed by atoms with Crippen LogP contribution in [0.5, 0.6) is 5.75 Å². The molecule has 1 aliphatic heterocycles. The maximum atomic E-state index is 11.8. The third-order valence-corrected chi connectivity index (χ3v) is 4.10. The molecule has 1 heterocycles. The van der Waals surface area contributed by atoms with Crippen LogP contribution in [0.25, 0.3) is 0 Å². The minimum Gasteiger partial charge on any atom is -0.497 e. The number of amides is 1. The summed E-state index contributed by atoms with van der Waals surface area (Å²) in [5.41, 5.74) is 0. The van der Waals surface area contributed by atoms with Gasteiger partial charge in [0.05, 0.1) is 12.4 Å². The van der Waals surface area contributed by atoms with E-state index in [9.17, 15) is 4.79 Å². The Balaban J connectivity index is 2.00. The lowest BCUT2D eigenvalue weighted by molar-refractivity contribution is -0.120. The van der Waals surface area contributed by atoms with Crippen LogP contribution in [0.1, 0.15) is 19.3 Å². The molecule has 0 unspecified atom stereocenters. The van der Waals surface area contributed by atoms with Crippen LogP contribution in [-0.2, 0) is 4.79 Å². The molecular formula is C13H17NO2S. The van der Waals surface area contributed by atoms with E-state index in [-0.39, 0.29) is 11.2 Å².